The number of carbonyl (C=O) groups is 2. The molecule has 2 amide bonds. The van der Waals surface area contributed by atoms with Crippen molar-refractivity contribution in [2.45, 2.75) is 32.2 Å². The van der Waals surface area contributed by atoms with E-state index < -0.39 is 0 Å². The zero-order valence-corrected chi connectivity index (χ0v) is 17.8. The van der Waals surface area contributed by atoms with Gasteiger partial charge in [0.25, 0.3) is 5.91 Å². The van der Waals surface area contributed by atoms with Gasteiger partial charge in [0.1, 0.15) is 11.5 Å². The maximum absolute atomic E-state index is 13.3. The third-order valence-electron chi connectivity index (χ3n) is 6.17. The quantitative estimate of drug-likeness (QED) is 0.777. The number of hydrogen-bond donors (Lipinski definition) is 0. The molecule has 0 radical (unpaired) electrons. The normalized spacial score (nSPS) is 18.8. The SMILES string of the molecule is COc1cc(OC)cc(C(=O)N2CCC(C(=O)N3c4ccccc4C[C@@H]3C)CC2)c1. The number of ether oxygens (including phenoxy) is 2. The molecule has 4 rings (SSSR count). The predicted octanol–water partition coefficient (Wildman–Crippen LogP) is 3.53. The van der Waals surface area contributed by atoms with E-state index in [2.05, 4.69) is 13.0 Å². The molecule has 6 heteroatoms. The molecule has 2 aliphatic heterocycles. The molecule has 2 heterocycles. The molecule has 2 aliphatic rings. The maximum atomic E-state index is 13.3. The highest BCUT2D eigenvalue weighted by Crippen LogP contribution is 2.35. The van der Waals surface area contributed by atoms with Crippen molar-refractivity contribution in [3.63, 3.8) is 0 Å². The third-order valence-corrected chi connectivity index (χ3v) is 6.17. The Kier molecular flexibility index (Phi) is 5.66. The Morgan fingerprint density at radius 2 is 1.60 bits per heavy atom. The first-order valence-electron chi connectivity index (χ1n) is 10.4. The highest BCUT2D eigenvalue weighted by Gasteiger charge is 2.36. The van der Waals surface area contributed by atoms with E-state index in [1.54, 1.807) is 32.4 Å². The van der Waals surface area contributed by atoms with Gasteiger partial charge < -0.3 is 19.3 Å². The third kappa shape index (κ3) is 3.74. The van der Waals surface area contributed by atoms with Crippen LogP contribution in [0, 0.1) is 5.92 Å². The standard InChI is InChI=1S/C24H28N2O4/c1-16-12-18-6-4-5-7-22(18)26(16)24(28)17-8-10-25(11-9-17)23(27)19-13-20(29-2)15-21(14-19)30-3/h4-7,13-17H,8-12H2,1-3H3/t16-/m0/s1. The fraction of sp³-hybridized carbons (Fsp3) is 0.417. The molecule has 0 saturated carbocycles. The lowest BCUT2D eigenvalue weighted by molar-refractivity contribution is -0.124. The lowest BCUT2D eigenvalue weighted by Crippen LogP contribution is -2.46. The maximum Gasteiger partial charge on any atom is 0.254 e. The van der Waals surface area contributed by atoms with Gasteiger partial charge in [-0.2, -0.15) is 0 Å². The second-order valence-electron chi connectivity index (χ2n) is 8.06. The van der Waals surface area contributed by atoms with Gasteiger partial charge in [0.15, 0.2) is 0 Å². The van der Waals surface area contributed by atoms with Crippen molar-refractivity contribution >= 4 is 17.5 Å². The van der Waals surface area contributed by atoms with Crippen molar-refractivity contribution in [2.24, 2.45) is 5.92 Å². The number of piperidine rings is 1. The first-order valence-corrected chi connectivity index (χ1v) is 10.4. The molecular weight excluding hydrogens is 380 g/mol. The van der Waals surface area contributed by atoms with E-state index >= 15 is 0 Å². The Balaban J connectivity index is 1.43. The summed E-state index contributed by atoms with van der Waals surface area (Å²) in [4.78, 5) is 30.1. The minimum atomic E-state index is -0.0574. The number of amides is 2. The van der Waals surface area contributed by atoms with Crippen LogP contribution in [0.2, 0.25) is 0 Å². The van der Waals surface area contributed by atoms with Crippen LogP contribution in [0.3, 0.4) is 0 Å². The number of likely N-dealkylation sites (tertiary alicyclic amines) is 1. The fourth-order valence-electron chi connectivity index (χ4n) is 4.54. The van der Waals surface area contributed by atoms with Crippen LogP contribution < -0.4 is 14.4 Å². The Labute approximate surface area is 177 Å². The summed E-state index contributed by atoms with van der Waals surface area (Å²) in [5.74, 6) is 1.25. The summed E-state index contributed by atoms with van der Waals surface area (Å²) in [7, 11) is 3.13. The largest absolute Gasteiger partial charge is 0.497 e. The molecule has 1 fully saturated rings. The van der Waals surface area contributed by atoms with E-state index in [1.165, 1.54) is 5.56 Å². The second kappa shape index (κ2) is 8.38. The highest BCUT2D eigenvalue weighted by molar-refractivity contribution is 5.98. The van der Waals surface area contributed by atoms with Crippen molar-refractivity contribution in [1.29, 1.82) is 0 Å². The van der Waals surface area contributed by atoms with Crippen LogP contribution in [0.5, 0.6) is 11.5 Å². The lowest BCUT2D eigenvalue weighted by atomic mass is 9.94. The minimum Gasteiger partial charge on any atom is -0.497 e. The van der Waals surface area contributed by atoms with Crippen LogP contribution in [0.4, 0.5) is 5.69 Å². The Morgan fingerprint density at radius 1 is 0.967 bits per heavy atom. The van der Waals surface area contributed by atoms with Gasteiger partial charge in [-0.15, -0.1) is 0 Å². The smallest absolute Gasteiger partial charge is 0.254 e. The highest BCUT2D eigenvalue weighted by atomic mass is 16.5. The first kappa shape index (κ1) is 20.3. The van der Waals surface area contributed by atoms with Crippen molar-refractivity contribution in [3.8, 4) is 11.5 Å². The summed E-state index contributed by atoms with van der Waals surface area (Å²) < 4.78 is 10.6. The number of para-hydroxylation sites is 1. The molecular formula is C24H28N2O4. The molecule has 2 aromatic carbocycles. The average Bonchev–Trinajstić information content (AvgIpc) is 3.13. The molecule has 1 atom stereocenters. The van der Waals surface area contributed by atoms with Crippen LogP contribution in [-0.4, -0.2) is 50.1 Å². The van der Waals surface area contributed by atoms with Gasteiger partial charge in [-0.25, -0.2) is 0 Å². The van der Waals surface area contributed by atoms with Gasteiger partial charge in [0.2, 0.25) is 5.91 Å². The summed E-state index contributed by atoms with van der Waals surface area (Å²) in [5.41, 5.74) is 2.81. The molecule has 158 valence electrons. The Morgan fingerprint density at radius 3 is 2.23 bits per heavy atom. The van der Waals surface area contributed by atoms with Gasteiger partial charge in [-0.1, -0.05) is 18.2 Å². The average molecular weight is 408 g/mol. The lowest BCUT2D eigenvalue weighted by Gasteiger charge is -2.34. The Hall–Kier alpha value is -3.02. The summed E-state index contributed by atoms with van der Waals surface area (Å²) in [6, 6.07) is 13.5. The first-order chi connectivity index (χ1) is 14.5. The zero-order chi connectivity index (χ0) is 21.3. The summed E-state index contributed by atoms with van der Waals surface area (Å²) in [6.45, 7) is 3.24. The minimum absolute atomic E-state index is 0.0532. The van der Waals surface area contributed by atoms with Crippen molar-refractivity contribution in [3.05, 3.63) is 53.6 Å². The molecule has 0 unspecified atom stereocenters. The Bertz CT molecular complexity index is 928. The number of benzene rings is 2. The van der Waals surface area contributed by atoms with Crippen LogP contribution >= 0.6 is 0 Å². The fourth-order valence-corrected chi connectivity index (χ4v) is 4.54. The predicted molar refractivity (Wildman–Crippen MR) is 115 cm³/mol. The molecule has 0 aliphatic carbocycles. The van der Waals surface area contributed by atoms with Crippen LogP contribution in [0.15, 0.2) is 42.5 Å². The molecule has 0 bridgehead atoms. The van der Waals surface area contributed by atoms with Crippen LogP contribution in [-0.2, 0) is 11.2 Å². The van der Waals surface area contributed by atoms with Crippen LogP contribution in [0.1, 0.15) is 35.7 Å². The molecule has 0 spiro atoms. The number of methoxy groups -OCH3 is 2. The zero-order valence-electron chi connectivity index (χ0n) is 17.8. The van der Waals surface area contributed by atoms with E-state index in [0.717, 1.165) is 12.1 Å². The molecule has 1 saturated heterocycles. The van der Waals surface area contributed by atoms with Gasteiger partial charge in [-0.3, -0.25) is 9.59 Å². The van der Waals surface area contributed by atoms with Crippen molar-refractivity contribution < 1.29 is 19.1 Å². The number of nitrogens with zero attached hydrogens (tertiary/aromatic N) is 2. The molecule has 0 aromatic heterocycles. The van der Waals surface area contributed by atoms with Crippen LogP contribution in [0.25, 0.3) is 0 Å². The molecule has 0 N–H and O–H groups in total. The summed E-state index contributed by atoms with van der Waals surface area (Å²) in [6.07, 6.45) is 2.26. The molecule has 30 heavy (non-hydrogen) atoms. The van der Waals surface area contributed by atoms with E-state index in [9.17, 15) is 9.59 Å². The van der Waals surface area contributed by atoms with Gasteiger partial charge in [0.05, 0.1) is 14.2 Å². The van der Waals surface area contributed by atoms with E-state index in [0.29, 0.717) is 43.0 Å². The summed E-state index contributed by atoms with van der Waals surface area (Å²) >= 11 is 0. The van der Waals surface area contributed by atoms with Gasteiger partial charge in [-0.05, 0) is 49.9 Å². The number of hydrogen-bond acceptors (Lipinski definition) is 4. The van der Waals surface area contributed by atoms with Gasteiger partial charge in [0, 0.05) is 42.4 Å². The number of carbonyl (C=O) groups excluding carboxylic acids is 2. The number of fused-ring (bicyclic) bond motifs is 1. The monoisotopic (exact) mass is 408 g/mol. The van der Waals surface area contributed by atoms with E-state index in [-0.39, 0.29) is 23.8 Å². The molecule has 6 nitrogen and oxygen atoms in total. The van der Waals surface area contributed by atoms with Gasteiger partial charge >= 0.3 is 0 Å². The number of anilines is 1. The van der Waals surface area contributed by atoms with E-state index in [1.807, 2.05) is 28.0 Å². The number of rotatable bonds is 4. The summed E-state index contributed by atoms with van der Waals surface area (Å²) in [5, 5.41) is 0. The second-order valence-corrected chi connectivity index (χ2v) is 8.06. The van der Waals surface area contributed by atoms with Crippen molar-refractivity contribution in [1.82, 2.24) is 4.90 Å². The van der Waals surface area contributed by atoms with Crippen molar-refractivity contribution in [2.75, 3.05) is 32.2 Å². The van der Waals surface area contributed by atoms with E-state index in [4.69, 9.17) is 9.47 Å². The molecule has 2 aromatic rings. The topological polar surface area (TPSA) is 59.1 Å².